The van der Waals surface area contributed by atoms with Crippen molar-refractivity contribution in [1.29, 1.82) is 0 Å². The molecule has 0 atom stereocenters. The third-order valence-corrected chi connectivity index (χ3v) is 5.70. The third kappa shape index (κ3) is 5.03. The van der Waals surface area contributed by atoms with Crippen LogP contribution in [0, 0.1) is 0 Å². The van der Waals surface area contributed by atoms with Crippen molar-refractivity contribution >= 4 is 11.7 Å². The summed E-state index contributed by atoms with van der Waals surface area (Å²) >= 11 is 0. The molecule has 2 aromatic rings. The number of fused-ring (bicyclic) bond motifs is 1. The number of ether oxygens (including phenoxy) is 1. The second kappa shape index (κ2) is 9.22. The Balaban J connectivity index is 1.29. The molecular weight excluding hydrogens is 366 g/mol. The zero-order valence-electron chi connectivity index (χ0n) is 16.8. The lowest BCUT2D eigenvalue weighted by Gasteiger charge is -2.29. The quantitative estimate of drug-likeness (QED) is 0.725. The summed E-state index contributed by atoms with van der Waals surface area (Å²) in [6.45, 7) is 5.87. The van der Waals surface area contributed by atoms with Crippen LogP contribution >= 0.6 is 0 Å². The first-order valence-corrected chi connectivity index (χ1v) is 10.5. The van der Waals surface area contributed by atoms with Gasteiger partial charge in [0.2, 0.25) is 11.8 Å². The van der Waals surface area contributed by atoms with Gasteiger partial charge in [0.05, 0.1) is 17.9 Å². The van der Waals surface area contributed by atoms with Gasteiger partial charge < -0.3 is 20.3 Å². The summed E-state index contributed by atoms with van der Waals surface area (Å²) in [6, 6.07) is 7.64. The maximum absolute atomic E-state index is 11.2. The third-order valence-electron chi connectivity index (χ3n) is 5.70. The molecule has 1 saturated heterocycles. The highest BCUT2D eigenvalue weighted by molar-refractivity contribution is 5.92. The highest BCUT2D eigenvalue weighted by Crippen LogP contribution is 2.24. The standard InChI is InChI=1S/C22H29N5O2/c23-22(28)17-5-7-20(24-15-17)27-13-9-19-18(16-27)6-8-21(25-19)29-14-4-12-26-10-2-1-3-11-26/h5-8,15H,1-4,9-14,16H2,(H2,23,28). The van der Waals surface area contributed by atoms with E-state index in [9.17, 15) is 4.79 Å². The van der Waals surface area contributed by atoms with E-state index < -0.39 is 5.91 Å². The molecule has 0 aliphatic carbocycles. The Bertz CT molecular complexity index is 834. The van der Waals surface area contributed by atoms with Crippen LogP contribution in [-0.2, 0) is 13.0 Å². The van der Waals surface area contributed by atoms with Crippen molar-refractivity contribution in [3.05, 3.63) is 47.3 Å². The van der Waals surface area contributed by atoms with Crippen molar-refractivity contribution in [1.82, 2.24) is 14.9 Å². The molecule has 1 fully saturated rings. The molecule has 0 saturated carbocycles. The van der Waals surface area contributed by atoms with E-state index in [2.05, 4.69) is 20.9 Å². The molecule has 7 nitrogen and oxygen atoms in total. The van der Waals surface area contributed by atoms with Crippen LogP contribution in [0.25, 0.3) is 0 Å². The number of hydrogen-bond donors (Lipinski definition) is 1. The van der Waals surface area contributed by atoms with Crippen LogP contribution in [0.2, 0.25) is 0 Å². The number of rotatable bonds is 7. The second-order valence-electron chi connectivity index (χ2n) is 7.80. The number of piperidine rings is 1. The lowest BCUT2D eigenvalue weighted by Crippen LogP contribution is -2.32. The summed E-state index contributed by atoms with van der Waals surface area (Å²) in [5, 5.41) is 0. The SMILES string of the molecule is NC(=O)c1ccc(N2CCc3nc(OCCCN4CCCCC4)ccc3C2)nc1. The lowest BCUT2D eigenvalue weighted by atomic mass is 10.1. The molecule has 2 N–H and O–H groups in total. The van der Waals surface area contributed by atoms with Gasteiger partial charge in [0.1, 0.15) is 5.82 Å². The van der Waals surface area contributed by atoms with Gasteiger partial charge in [-0.25, -0.2) is 9.97 Å². The Morgan fingerprint density at radius 3 is 2.72 bits per heavy atom. The van der Waals surface area contributed by atoms with E-state index >= 15 is 0 Å². The fourth-order valence-electron chi connectivity index (χ4n) is 4.04. The van der Waals surface area contributed by atoms with Crippen LogP contribution in [0.1, 0.15) is 47.3 Å². The molecule has 0 spiro atoms. The van der Waals surface area contributed by atoms with Gasteiger partial charge in [0.25, 0.3) is 0 Å². The van der Waals surface area contributed by atoms with Crippen LogP contribution in [0.5, 0.6) is 5.88 Å². The average Bonchev–Trinajstić information content (AvgIpc) is 2.77. The molecule has 154 valence electrons. The predicted octanol–water partition coefficient (Wildman–Crippen LogP) is 2.39. The summed E-state index contributed by atoms with van der Waals surface area (Å²) in [6.07, 6.45) is 7.45. The molecule has 4 rings (SSSR count). The molecule has 29 heavy (non-hydrogen) atoms. The Morgan fingerprint density at radius 1 is 1.10 bits per heavy atom. The maximum atomic E-state index is 11.2. The Morgan fingerprint density at radius 2 is 1.97 bits per heavy atom. The second-order valence-corrected chi connectivity index (χ2v) is 7.80. The van der Waals surface area contributed by atoms with Gasteiger partial charge in [-0.2, -0.15) is 0 Å². The van der Waals surface area contributed by atoms with Gasteiger partial charge in [0.15, 0.2) is 0 Å². The van der Waals surface area contributed by atoms with Crippen LogP contribution in [0.15, 0.2) is 30.5 Å². The number of anilines is 1. The minimum atomic E-state index is -0.458. The number of hydrogen-bond acceptors (Lipinski definition) is 6. The average molecular weight is 396 g/mol. The topological polar surface area (TPSA) is 84.6 Å². The summed E-state index contributed by atoms with van der Waals surface area (Å²) in [7, 11) is 0. The first-order chi connectivity index (χ1) is 14.2. The van der Waals surface area contributed by atoms with Crippen LogP contribution in [0.3, 0.4) is 0 Å². The van der Waals surface area contributed by atoms with Crippen molar-refractivity contribution < 1.29 is 9.53 Å². The van der Waals surface area contributed by atoms with E-state index in [1.165, 1.54) is 44.1 Å². The zero-order valence-corrected chi connectivity index (χ0v) is 16.8. The highest BCUT2D eigenvalue weighted by Gasteiger charge is 2.19. The van der Waals surface area contributed by atoms with Gasteiger partial charge in [-0.15, -0.1) is 0 Å². The normalized spacial score (nSPS) is 17.0. The van der Waals surface area contributed by atoms with E-state index in [1.54, 1.807) is 6.07 Å². The molecule has 2 aliphatic rings. The van der Waals surface area contributed by atoms with E-state index in [0.717, 1.165) is 49.9 Å². The lowest BCUT2D eigenvalue weighted by molar-refractivity contribution is 0.1000. The van der Waals surface area contributed by atoms with E-state index in [1.807, 2.05) is 12.1 Å². The van der Waals surface area contributed by atoms with E-state index in [-0.39, 0.29) is 0 Å². The first kappa shape index (κ1) is 19.6. The Kier molecular flexibility index (Phi) is 6.24. The van der Waals surface area contributed by atoms with Crippen molar-refractivity contribution in [2.45, 2.75) is 38.6 Å². The molecule has 4 heterocycles. The largest absolute Gasteiger partial charge is 0.478 e. The van der Waals surface area contributed by atoms with Crippen molar-refractivity contribution in [2.24, 2.45) is 5.73 Å². The van der Waals surface area contributed by atoms with Crippen molar-refractivity contribution in [3.8, 4) is 5.88 Å². The van der Waals surface area contributed by atoms with Gasteiger partial charge >= 0.3 is 0 Å². The molecule has 2 aliphatic heterocycles. The Hall–Kier alpha value is -2.67. The Labute approximate surface area is 171 Å². The number of carbonyl (C=O) groups excluding carboxylic acids is 1. The molecule has 0 bridgehead atoms. The van der Waals surface area contributed by atoms with Gasteiger partial charge in [0, 0.05) is 38.3 Å². The predicted molar refractivity (Wildman–Crippen MR) is 112 cm³/mol. The molecule has 0 unspecified atom stereocenters. The van der Waals surface area contributed by atoms with E-state index in [0.29, 0.717) is 12.2 Å². The van der Waals surface area contributed by atoms with E-state index in [4.69, 9.17) is 15.5 Å². The minimum absolute atomic E-state index is 0.426. The summed E-state index contributed by atoms with van der Waals surface area (Å²) in [5.74, 6) is 1.11. The van der Waals surface area contributed by atoms with Gasteiger partial charge in [-0.3, -0.25) is 4.79 Å². The first-order valence-electron chi connectivity index (χ1n) is 10.5. The number of primary amides is 1. The summed E-state index contributed by atoms with van der Waals surface area (Å²) in [4.78, 5) is 25.0. The fraction of sp³-hybridized carbons (Fsp3) is 0.500. The molecule has 0 aromatic carbocycles. The van der Waals surface area contributed by atoms with Gasteiger partial charge in [-0.05, 0) is 50.0 Å². The van der Waals surface area contributed by atoms with Crippen LogP contribution < -0.4 is 15.4 Å². The van der Waals surface area contributed by atoms with Crippen molar-refractivity contribution in [3.63, 3.8) is 0 Å². The number of amides is 1. The molecule has 0 radical (unpaired) electrons. The maximum Gasteiger partial charge on any atom is 0.250 e. The minimum Gasteiger partial charge on any atom is -0.478 e. The number of carbonyl (C=O) groups is 1. The molecular formula is C22H29N5O2. The number of aromatic nitrogens is 2. The van der Waals surface area contributed by atoms with Crippen molar-refractivity contribution in [2.75, 3.05) is 37.7 Å². The molecule has 1 amide bonds. The van der Waals surface area contributed by atoms with Crippen LogP contribution in [-0.4, -0.2) is 53.6 Å². The summed E-state index contributed by atoms with van der Waals surface area (Å²) < 4.78 is 5.90. The number of nitrogens with zero attached hydrogens (tertiary/aromatic N) is 4. The highest BCUT2D eigenvalue weighted by atomic mass is 16.5. The number of likely N-dealkylation sites (tertiary alicyclic amines) is 1. The monoisotopic (exact) mass is 395 g/mol. The zero-order chi connectivity index (χ0) is 20.1. The summed E-state index contributed by atoms with van der Waals surface area (Å²) in [5.41, 5.74) is 8.00. The fourth-order valence-corrected chi connectivity index (χ4v) is 4.04. The molecule has 7 heteroatoms. The number of pyridine rings is 2. The number of nitrogens with two attached hydrogens (primary N) is 1. The molecule has 2 aromatic heterocycles. The van der Waals surface area contributed by atoms with Crippen LogP contribution in [0.4, 0.5) is 5.82 Å². The van der Waals surface area contributed by atoms with Gasteiger partial charge in [-0.1, -0.05) is 12.5 Å². The smallest absolute Gasteiger partial charge is 0.250 e.